The molecule has 3 aromatic rings. The number of alkyl halides is 3. The molecule has 12 heteroatoms. The van der Waals surface area contributed by atoms with Gasteiger partial charge in [-0.1, -0.05) is 48.9 Å². The smallest absolute Gasteiger partial charge is 0.390 e. The molecule has 5 rings (SSSR count). The van der Waals surface area contributed by atoms with Gasteiger partial charge in [0.2, 0.25) is 0 Å². The van der Waals surface area contributed by atoms with Crippen LogP contribution in [0.5, 0.6) is 0 Å². The molecule has 2 aliphatic rings. The van der Waals surface area contributed by atoms with Crippen LogP contribution in [0.3, 0.4) is 0 Å². The number of aliphatic hydroxyl groups excluding tert-OH is 1. The highest BCUT2D eigenvalue weighted by molar-refractivity contribution is 6.30. The van der Waals surface area contributed by atoms with Gasteiger partial charge >= 0.3 is 6.18 Å². The number of aryl methyl sites for hydroxylation is 1. The van der Waals surface area contributed by atoms with Crippen LogP contribution in [0.4, 0.5) is 13.2 Å². The molecule has 2 saturated heterocycles. The average molecular weight is 511 g/mol. The van der Waals surface area contributed by atoms with E-state index in [1.807, 2.05) is 30.3 Å². The van der Waals surface area contributed by atoms with Crippen molar-refractivity contribution in [2.75, 3.05) is 6.61 Å². The first-order valence-electron chi connectivity index (χ1n) is 11.0. The minimum atomic E-state index is -4.76. The van der Waals surface area contributed by atoms with Gasteiger partial charge in [0.15, 0.2) is 17.8 Å². The first-order valence-corrected chi connectivity index (χ1v) is 11.3. The number of pyridine rings is 1. The number of ether oxygens (including phenoxy) is 3. The summed E-state index contributed by atoms with van der Waals surface area (Å²) in [7, 11) is 0. The third-order valence-corrected chi connectivity index (χ3v) is 6.35. The number of hydrogen-bond acceptors (Lipinski definition) is 7. The molecule has 2 aromatic heterocycles. The number of nitrogens with zero attached hydrogens (tertiary/aromatic N) is 4. The Morgan fingerprint density at radius 2 is 1.91 bits per heavy atom. The summed E-state index contributed by atoms with van der Waals surface area (Å²) in [6.07, 6.45) is -7.79. The van der Waals surface area contributed by atoms with Gasteiger partial charge in [0.1, 0.15) is 18.0 Å². The quantitative estimate of drug-likeness (QED) is 0.565. The number of halogens is 4. The van der Waals surface area contributed by atoms with E-state index in [0.717, 1.165) is 22.5 Å². The molecule has 0 saturated carbocycles. The van der Waals surface area contributed by atoms with E-state index >= 15 is 0 Å². The van der Waals surface area contributed by atoms with E-state index in [2.05, 4.69) is 15.1 Å². The predicted octanol–water partition coefficient (Wildman–Crippen LogP) is 4.19. The van der Waals surface area contributed by atoms with Gasteiger partial charge in [-0.05, 0) is 13.0 Å². The van der Waals surface area contributed by atoms with Crippen LogP contribution in [0.15, 0.2) is 42.6 Å². The normalized spacial score (nSPS) is 29.1. The molecule has 0 bridgehead atoms. The third kappa shape index (κ3) is 4.54. The molecule has 4 unspecified atom stereocenters. The number of aliphatic hydroxyl groups is 1. The average Bonchev–Trinajstić information content (AvgIpc) is 3.22. The molecule has 1 N–H and O–H groups in total. The Labute approximate surface area is 203 Å². The van der Waals surface area contributed by atoms with Gasteiger partial charge in [-0.2, -0.15) is 18.3 Å². The van der Waals surface area contributed by atoms with Crippen LogP contribution in [0, 0.1) is 12.8 Å². The molecule has 1 aromatic carbocycles. The predicted molar refractivity (Wildman–Crippen MR) is 117 cm³/mol. The van der Waals surface area contributed by atoms with Crippen LogP contribution in [0.25, 0.3) is 5.69 Å². The van der Waals surface area contributed by atoms with Gasteiger partial charge < -0.3 is 19.3 Å². The highest BCUT2D eigenvalue weighted by Crippen LogP contribution is 2.42. The Kier molecular flexibility index (Phi) is 6.30. The van der Waals surface area contributed by atoms with Crippen molar-refractivity contribution in [2.45, 2.75) is 50.7 Å². The summed E-state index contributed by atoms with van der Waals surface area (Å²) < 4.78 is 60.2. The zero-order valence-corrected chi connectivity index (χ0v) is 19.4. The van der Waals surface area contributed by atoms with Crippen LogP contribution in [-0.2, 0) is 20.4 Å². The second kappa shape index (κ2) is 9.14. The van der Waals surface area contributed by atoms with Crippen LogP contribution in [-0.4, -0.2) is 49.8 Å². The minimum Gasteiger partial charge on any atom is -0.390 e. The van der Waals surface area contributed by atoms with Crippen LogP contribution >= 0.6 is 11.6 Å². The van der Waals surface area contributed by atoms with E-state index in [1.165, 1.54) is 6.92 Å². The fourth-order valence-electron chi connectivity index (χ4n) is 4.46. The van der Waals surface area contributed by atoms with E-state index in [9.17, 15) is 18.3 Å². The van der Waals surface area contributed by atoms with Crippen molar-refractivity contribution >= 4 is 11.6 Å². The Morgan fingerprint density at radius 3 is 2.63 bits per heavy atom. The Balaban J connectivity index is 1.47. The van der Waals surface area contributed by atoms with Gasteiger partial charge in [-0.25, -0.2) is 14.6 Å². The molecule has 35 heavy (non-hydrogen) atoms. The molecule has 0 aliphatic carbocycles. The summed E-state index contributed by atoms with van der Waals surface area (Å²) in [6, 6.07) is 10.5. The topological polar surface area (TPSA) is 91.5 Å². The molecule has 2 fully saturated rings. The van der Waals surface area contributed by atoms with Gasteiger partial charge in [-0.3, -0.25) is 0 Å². The van der Waals surface area contributed by atoms with E-state index in [1.54, 1.807) is 6.92 Å². The standard InChI is InChI=1S/C23H22ClF3N4O4/c1-11-17(32)19(34-16-10-33-22(35-18(11)16)13-6-4-3-5-7-13)21-29-12(2)30-31(21)15-8-14(24)9-28-20(15)23(25,26)27/h3-9,11,16-19,22,32H,10H2,1-2H3/t11?,16?,17?,18-,19-,22?/m1/s1. The maximum Gasteiger partial charge on any atom is 0.435 e. The van der Waals surface area contributed by atoms with Crippen molar-refractivity contribution in [3.63, 3.8) is 0 Å². The summed E-state index contributed by atoms with van der Waals surface area (Å²) in [4.78, 5) is 7.76. The molecule has 0 radical (unpaired) electrons. The molecule has 0 spiro atoms. The molecule has 0 amide bonds. The molecular formula is C23H22ClF3N4O4. The second-order valence-corrected chi connectivity index (χ2v) is 9.01. The van der Waals surface area contributed by atoms with Gasteiger partial charge in [0, 0.05) is 17.7 Å². The van der Waals surface area contributed by atoms with Crippen molar-refractivity contribution in [2.24, 2.45) is 5.92 Å². The van der Waals surface area contributed by atoms with E-state index in [0.29, 0.717) is 0 Å². The highest BCUT2D eigenvalue weighted by atomic mass is 35.5. The van der Waals surface area contributed by atoms with E-state index in [-0.39, 0.29) is 23.3 Å². The third-order valence-electron chi connectivity index (χ3n) is 6.14. The number of rotatable bonds is 3. The summed E-state index contributed by atoms with van der Waals surface area (Å²) in [5.41, 5.74) is -0.760. The van der Waals surface area contributed by atoms with E-state index in [4.69, 9.17) is 25.8 Å². The largest absolute Gasteiger partial charge is 0.435 e. The minimum absolute atomic E-state index is 0.0000458. The Hall–Kier alpha value is -2.57. The zero-order valence-electron chi connectivity index (χ0n) is 18.7. The molecule has 8 nitrogen and oxygen atoms in total. The Morgan fingerprint density at radius 1 is 1.17 bits per heavy atom. The highest BCUT2D eigenvalue weighted by Gasteiger charge is 2.49. The van der Waals surface area contributed by atoms with Gasteiger partial charge in [0.25, 0.3) is 0 Å². The summed E-state index contributed by atoms with van der Waals surface area (Å²) in [5.74, 6) is -0.252. The number of hydrogen-bond donors (Lipinski definition) is 1. The SMILES string of the molecule is Cc1nc([C@@H]2OC3COC(c4ccccc4)O[C@@H]3C(C)C2O)n(-c2cc(Cl)cnc2C(F)(F)F)n1. The first kappa shape index (κ1) is 24.1. The second-order valence-electron chi connectivity index (χ2n) is 8.57. The van der Waals surface area contributed by atoms with Gasteiger partial charge in [-0.15, -0.1) is 0 Å². The van der Waals surface area contributed by atoms with Crippen molar-refractivity contribution < 1.29 is 32.5 Å². The van der Waals surface area contributed by atoms with Crippen LogP contribution in [0.1, 0.15) is 42.2 Å². The van der Waals surface area contributed by atoms with E-state index < -0.39 is 54.2 Å². The van der Waals surface area contributed by atoms with Crippen LogP contribution < -0.4 is 0 Å². The molecule has 2 aliphatic heterocycles. The number of aromatic nitrogens is 4. The summed E-state index contributed by atoms with van der Waals surface area (Å²) in [6.45, 7) is 3.49. The monoisotopic (exact) mass is 510 g/mol. The first-order chi connectivity index (χ1) is 16.6. The fourth-order valence-corrected chi connectivity index (χ4v) is 4.62. The van der Waals surface area contributed by atoms with Crippen molar-refractivity contribution in [3.05, 3.63) is 70.5 Å². The van der Waals surface area contributed by atoms with Crippen molar-refractivity contribution in [1.29, 1.82) is 0 Å². The fraction of sp³-hybridized carbons (Fsp3) is 0.435. The van der Waals surface area contributed by atoms with Crippen molar-refractivity contribution in [3.8, 4) is 5.69 Å². The lowest BCUT2D eigenvalue weighted by atomic mass is 9.86. The number of fused-ring (bicyclic) bond motifs is 1. The molecule has 6 atom stereocenters. The molecule has 4 heterocycles. The molecule has 186 valence electrons. The maximum atomic E-state index is 13.7. The number of benzene rings is 1. The zero-order chi connectivity index (χ0) is 24.9. The lowest BCUT2D eigenvalue weighted by molar-refractivity contribution is -0.319. The lowest BCUT2D eigenvalue weighted by Gasteiger charge is -2.47. The molecular weight excluding hydrogens is 489 g/mol. The summed E-state index contributed by atoms with van der Waals surface area (Å²) >= 11 is 5.96. The van der Waals surface area contributed by atoms with Crippen molar-refractivity contribution in [1.82, 2.24) is 19.7 Å². The van der Waals surface area contributed by atoms with Gasteiger partial charge in [0.05, 0.1) is 29.5 Å². The van der Waals surface area contributed by atoms with Crippen LogP contribution in [0.2, 0.25) is 5.02 Å². The lowest BCUT2D eigenvalue weighted by Crippen LogP contribution is -2.55. The summed E-state index contributed by atoms with van der Waals surface area (Å²) in [5, 5.41) is 15.3. The maximum absolute atomic E-state index is 13.7. The Bertz CT molecular complexity index is 1210.